The van der Waals surface area contributed by atoms with Crippen LogP contribution in [-0.4, -0.2) is 44.2 Å². The molecule has 0 aromatic heterocycles. The van der Waals surface area contributed by atoms with Gasteiger partial charge in [-0.1, -0.05) is 12.1 Å². The third-order valence-electron chi connectivity index (χ3n) is 5.50. The predicted molar refractivity (Wildman–Crippen MR) is 114 cm³/mol. The van der Waals surface area contributed by atoms with Gasteiger partial charge in [0.2, 0.25) is 0 Å². The number of amides is 2. The van der Waals surface area contributed by atoms with E-state index in [0.29, 0.717) is 35.9 Å². The molecule has 0 saturated carbocycles. The molecule has 2 aromatic rings. The molecule has 0 atom stereocenters. The van der Waals surface area contributed by atoms with E-state index in [1.807, 2.05) is 18.2 Å². The second-order valence-electron chi connectivity index (χ2n) is 7.69. The molecule has 2 aromatic carbocycles. The van der Waals surface area contributed by atoms with Gasteiger partial charge in [0, 0.05) is 24.4 Å². The lowest BCUT2D eigenvalue weighted by molar-refractivity contribution is 0.181. The molecule has 162 valence electrons. The second kappa shape index (κ2) is 10.9. The van der Waals surface area contributed by atoms with Gasteiger partial charge in [-0.05, 0) is 75.0 Å². The van der Waals surface area contributed by atoms with Crippen molar-refractivity contribution in [3.05, 3.63) is 59.7 Å². The van der Waals surface area contributed by atoms with Gasteiger partial charge in [0.1, 0.15) is 17.4 Å². The van der Waals surface area contributed by atoms with E-state index in [4.69, 9.17) is 4.74 Å². The summed E-state index contributed by atoms with van der Waals surface area (Å²) >= 11 is 0. The number of nitrogens with one attached hydrogen (secondary N) is 2. The number of rotatable bonds is 8. The first-order valence-electron chi connectivity index (χ1n) is 10.4. The molecule has 2 N–H and O–H groups in total. The maximum Gasteiger partial charge on any atom is 0.319 e. The first kappa shape index (κ1) is 22.0. The first-order chi connectivity index (χ1) is 14.5. The van der Waals surface area contributed by atoms with Gasteiger partial charge in [0.05, 0.1) is 7.11 Å². The third kappa shape index (κ3) is 6.69. The Hall–Kier alpha value is -2.67. The monoisotopic (exact) mass is 417 g/mol. The van der Waals surface area contributed by atoms with Crippen LogP contribution in [0.1, 0.15) is 24.8 Å². The van der Waals surface area contributed by atoms with E-state index < -0.39 is 11.6 Å². The number of piperidine rings is 1. The summed E-state index contributed by atoms with van der Waals surface area (Å²) in [5, 5.41) is 5.66. The molecule has 0 bridgehead atoms. The van der Waals surface area contributed by atoms with Crippen molar-refractivity contribution in [3.63, 3.8) is 0 Å². The van der Waals surface area contributed by atoms with Crippen LogP contribution in [-0.2, 0) is 6.42 Å². The molecule has 0 aliphatic carbocycles. The largest absolute Gasteiger partial charge is 0.497 e. The minimum atomic E-state index is -0.531. The Labute approximate surface area is 176 Å². The number of carbonyl (C=O) groups excluding carboxylic acids is 1. The quantitative estimate of drug-likeness (QED) is 0.625. The zero-order chi connectivity index (χ0) is 21.3. The van der Waals surface area contributed by atoms with Crippen LogP contribution < -0.4 is 15.4 Å². The molecule has 0 radical (unpaired) electrons. The fraction of sp³-hybridized carbons (Fsp3) is 0.435. The smallest absolute Gasteiger partial charge is 0.319 e. The number of methoxy groups -OCH3 is 1. The van der Waals surface area contributed by atoms with Crippen molar-refractivity contribution in [3.8, 4) is 5.75 Å². The van der Waals surface area contributed by atoms with Crippen molar-refractivity contribution in [2.24, 2.45) is 5.92 Å². The predicted octanol–water partition coefficient (Wildman–Crippen LogP) is 4.44. The Morgan fingerprint density at radius 1 is 1.17 bits per heavy atom. The topological polar surface area (TPSA) is 53.6 Å². The number of benzene rings is 2. The lowest BCUT2D eigenvalue weighted by Crippen LogP contribution is -2.37. The Bertz CT molecular complexity index is 839. The van der Waals surface area contributed by atoms with Gasteiger partial charge in [0.25, 0.3) is 0 Å². The van der Waals surface area contributed by atoms with Crippen LogP contribution in [0.4, 0.5) is 19.3 Å². The van der Waals surface area contributed by atoms with Gasteiger partial charge in [-0.25, -0.2) is 13.6 Å². The number of nitrogens with zero attached hydrogens (tertiary/aromatic N) is 1. The van der Waals surface area contributed by atoms with Crippen LogP contribution >= 0.6 is 0 Å². The van der Waals surface area contributed by atoms with Gasteiger partial charge in [0.15, 0.2) is 0 Å². The van der Waals surface area contributed by atoms with E-state index in [2.05, 4.69) is 15.5 Å². The first-order valence-corrected chi connectivity index (χ1v) is 10.4. The number of hydrogen-bond donors (Lipinski definition) is 2. The molecular formula is C23H29F2N3O2. The number of hydrogen-bond acceptors (Lipinski definition) is 3. The molecule has 30 heavy (non-hydrogen) atoms. The zero-order valence-corrected chi connectivity index (χ0v) is 17.3. The molecular weight excluding hydrogens is 388 g/mol. The van der Waals surface area contributed by atoms with E-state index >= 15 is 0 Å². The number of halogens is 2. The van der Waals surface area contributed by atoms with Crippen molar-refractivity contribution in [2.75, 3.05) is 38.6 Å². The van der Waals surface area contributed by atoms with E-state index in [1.54, 1.807) is 19.2 Å². The molecule has 1 aliphatic heterocycles. The summed E-state index contributed by atoms with van der Waals surface area (Å²) < 4.78 is 32.0. The van der Waals surface area contributed by atoms with Crippen LogP contribution in [0.3, 0.4) is 0 Å². The third-order valence-corrected chi connectivity index (χ3v) is 5.50. The highest BCUT2D eigenvalue weighted by Crippen LogP contribution is 2.23. The van der Waals surface area contributed by atoms with Crippen LogP contribution in [0.5, 0.6) is 5.75 Å². The fourth-order valence-corrected chi connectivity index (χ4v) is 3.79. The second-order valence-corrected chi connectivity index (χ2v) is 7.69. The maximum absolute atomic E-state index is 13.8. The summed E-state index contributed by atoms with van der Waals surface area (Å²) in [7, 11) is 1.59. The summed E-state index contributed by atoms with van der Waals surface area (Å²) in [6.07, 6.45) is 3.52. The van der Waals surface area contributed by atoms with Crippen molar-refractivity contribution in [1.29, 1.82) is 0 Å². The van der Waals surface area contributed by atoms with Crippen molar-refractivity contribution in [2.45, 2.75) is 25.7 Å². The Balaban J connectivity index is 1.30. The van der Waals surface area contributed by atoms with Crippen LogP contribution in [0, 0.1) is 17.6 Å². The van der Waals surface area contributed by atoms with Gasteiger partial charge >= 0.3 is 6.03 Å². The number of carbonyl (C=O) groups is 1. The van der Waals surface area contributed by atoms with E-state index in [0.717, 1.165) is 45.0 Å². The Morgan fingerprint density at radius 3 is 2.70 bits per heavy atom. The molecule has 1 fully saturated rings. The lowest BCUT2D eigenvalue weighted by Gasteiger charge is -2.32. The van der Waals surface area contributed by atoms with Gasteiger partial charge in [-0.2, -0.15) is 0 Å². The lowest BCUT2D eigenvalue weighted by atomic mass is 9.90. The molecule has 1 heterocycles. The SMILES string of the molecule is COc1cccc(NC(=O)NCCCN2CCC(Cc3ccc(F)cc3F)CC2)c1. The van der Waals surface area contributed by atoms with Crippen LogP contribution in [0.15, 0.2) is 42.5 Å². The summed E-state index contributed by atoms with van der Waals surface area (Å²) in [4.78, 5) is 14.4. The van der Waals surface area contributed by atoms with E-state index in [1.165, 1.54) is 6.07 Å². The molecule has 5 nitrogen and oxygen atoms in total. The highest BCUT2D eigenvalue weighted by atomic mass is 19.1. The summed E-state index contributed by atoms with van der Waals surface area (Å²) in [6.45, 7) is 3.43. The van der Waals surface area contributed by atoms with Crippen molar-refractivity contribution >= 4 is 11.7 Å². The van der Waals surface area contributed by atoms with E-state index in [9.17, 15) is 13.6 Å². The van der Waals surface area contributed by atoms with Crippen LogP contribution in [0.2, 0.25) is 0 Å². The summed E-state index contributed by atoms with van der Waals surface area (Å²) in [5.41, 5.74) is 1.28. The molecule has 0 spiro atoms. The average Bonchev–Trinajstić information content (AvgIpc) is 2.74. The molecule has 7 heteroatoms. The molecule has 1 aliphatic rings. The van der Waals surface area contributed by atoms with Gasteiger partial charge in [-0.15, -0.1) is 0 Å². The Morgan fingerprint density at radius 2 is 1.97 bits per heavy atom. The minimum absolute atomic E-state index is 0.233. The van der Waals surface area contributed by atoms with Crippen molar-refractivity contribution < 1.29 is 18.3 Å². The standard InChI is InChI=1S/C23H29F2N3O2/c1-30-21-5-2-4-20(16-21)27-23(29)26-10-3-11-28-12-8-17(9-13-28)14-18-6-7-19(24)15-22(18)25/h2,4-7,15-17H,3,8-14H2,1H3,(H2,26,27,29). The minimum Gasteiger partial charge on any atom is -0.497 e. The fourth-order valence-electron chi connectivity index (χ4n) is 3.79. The normalized spacial score (nSPS) is 15.0. The molecule has 3 rings (SSSR count). The zero-order valence-electron chi connectivity index (χ0n) is 17.3. The van der Waals surface area contributed by atoms with Crippen molar-refractivity contribution in [1.82, 2.24) is 10.2 Å². The van der Waals surface area contributed by atoms with Crippen LogP contribution in [0.25, 0.3) is 0 Å². The summed E-state index contributed by atoms with van der Waals surface area (Å²) in [5.74, 6) is 0.138. The highest BCUT2D eigenvalue weighted by Gasteiger charge is 2.20. The number of ether oxygens (including phenoxy) is 1. The number of likely N-dealkylation sites (tertiary alicyclic amines) is 1. The average molecular weight is 418 g/mol. The Kier molecular flexibility index (Phi) is 8.02. The molecule has 0 unspecified atom stereocenters. The van der Waals surface area contributed by atoms with Gasteiger partial charge in [-0.3, -0.25) is 0 Å². The maximum atomic E-state index is 13.8. The highest BCUT2D eigenvalue weighted by molar-refractivity contribution is 5.89. The number of anilines is 1. The van der Waals surface area contributed by atoms with Gasteiger partial charge < -0.3 is 20.3 Å². The number of urea groups is 1. The summed E-state index contributed by atoms with van der Waals surface area (Å²) in [6, 6.07) is 10.8. The molecule has 2 amide bonds. The molecule has 1 saturated heterocycles. The van der Waals surface area contributed by atoms with E-state index in [-0.39, 0.29) is 6.03 Å².